The number of hydrogen-bond acceptors (Lipinski definition) is 3. The zero-order valence-corrected chi connectivity index (χ0v) is 28.0. The van der Waals surface area contributed by atoms with Crippen LogP contribution in [0.3, 0.4) is 0 Å². The molecule has 0 unspecified atom stereocenters. The van der Waals surface area contributed by atoms with Crippen LogP contribution in [0, 0.1) is 0 Å². The third-order valence-corrected chi connectivity index (χ3v) is 10.4. The summed E-state index contributed by atoms with van der Waals surface area (Å²) in [6.07, 6.45) is 0. The molecule has 3 aromatic heterocycles. The van der Waals surface area contributed by atoms with Gasteiger partial charge in [0.05, 0.1) is 22.4 Å². The molecule has 52 heavy (non-hydrogen) atoms. The number of para-hydroxylation sites is 3. The van der Waals surface area contributed by atoms with Gasteiger partial charge in [-0.2, -0.15) is 0 Å². The first-order valence-corrected chi connectivity index (χ1v) is 17.6. The van der Waals surface area contributed by atoms with Crippen LogP contribution in [-0.2, 0) is 0 Å². The minimum atomic E-state index is 0.679. The lowest BCUT2D eigenvalue weighted by molar-refractivity contribution is 0.672. The van der Waals surface area contributed by atoms with Gasteiger partial charge in [-0.1, -0.05) is 133 Å². The van der Waals surface area contributed by atoms with E-state index in [2.05, 4.69) is 174 Å². The highest BCUT2D eigenvalue weighted by atomic mass is 16.3. The lowest BCUT2D eigenvalue weighted by Crippen LogP contribution is -1.97. The lowest BCUT2D eigenvalue weighted by Gasteiger charge is -2.13. The topological polar surface area (TPSA) is 43.9 Å². The van der Waals surface area contributed by atoms with Crippen molar-refractivity contribution in [3.63, 3.8) is 0 Å². The molecule has 3 heterocycles. The molecule has 0 aliphatic carbocycles. The largest absolute Gasteiger partial charge is 0.453 e. The zero-order chi connectivity index (χ0) is 34.2. The van der Waals surface area contributed by atoms with E-state index in [1.54, 1.807) is 0 Å². The average Bonchev–Trinajstić information content (AvgIpc) is 3.77. The molecule has 11 aromatic rings. The standard InChI is InChI=1S/C48H29N3O/c1-3-14-30(15-4-1)42-29-43(50-48(49-42)41-28-31-16-7-8-19-33(31)34-20-9-10-21-35(34)41)40-24-13-23-38-39-27-26-37-36-22-11-12-25-44(36)51(32-17-5-2-6-18-32)45(37)47(39)52-46(38)40/h1-29H. The first-order valence-electron chi connectivity index (χ1n) is 17.6. The molecular weight excluding hydrogens is 635 g/mol. The maximum atomic E-state index is 7.08. The first-order chi connectivity index (χ1) is 25.8. The van der Waals surface area contributed by atoms with E-state index in [0.717, 1.165) is 82.9 Å². The molecule has 4 heteroatoms. The highest BCUT2D eigenvalue weighted by Gasteiger charge is 2.22. The fourth-order valence-electron chi connectivity index (χ4n) is 8.05. The van der Waals surface area contributed by atoms with Gasteiger partial charge in [0, 0.05) is 43.9 Å². The van der Waals surface area contributed by atoms with Gasteiger partial charge in [-0.25, -0.2) is 9.97 Å². The van der Waals surface area contributed by atoms with Crippen LogP contribution in [0.15, 0.2) is 180 Å². The van der Waals surface area contributed by atoms with E-state index in [4.69, 9.17) is 14.4 Å². The third kappa shape index (κ3) is 4.28. The van der Waals surface area contributed by atoms with Gasteiger partial charge in [-0.15, -0.1) is 0 Å². The van der Waals surface area contributed by atoms with Gasteiger partial charge in [-0.05, 0) is 64.0 Å². The van der Waals surface area contributed by atoms with Gasteiger partial charge in [0.15, 0.2) is 11.4 Å². The third-order valence-electron chi connectivity index (χ3n) is 10.4. The Morgan fingerprint density at radius 2 is 1.04 bits per heavy atom. The van der Waals surface area contributed by atoms with E-state index in [1.165, 1.54) is 16.2 Å². The minimum absolute atomic E-state index is 0.679. The molecule has 11 rings (SSSR count). The molecular formula is C48H29N3O. The van der Waals surface area contributed by atoms with Crippen molar-refractivity contribution in [2.75, 3.05) is 0 Å². The van der Waals surface area contributed by atoms with Crippen molar-refractivity contribution in [3.05, 3.63) is 176 Å². The Morgan fingerprint density at radius 1 is 0.404 bits per heavy atom. The second-order valence-electron chi connectivity index (χ2n) is 13.3. The average molecular weight is 664 g/mol. The fourth-order valence-corrected chi connectivity index (χ4v) is 8.05. The molecule has 0 aliphatic rings. The summed E-state index contributed by atoms with van der Waals surface area (Å²) in [6.45, 7) is 0. The summed E-state index contributed by atoms with van der Waals surface area (Å²) >= 11 is 0. The number of benzene rings is 8. The monoisotopic (exact) mass is 663 g/mol. The minimum Gasteiger partial charge on any atom is -0.453 e. The van der Waals surface area contributed by atoms with Crippen LogP contribution in [0.25, 0.3) is 105 Å². The van der Waals surface area contributed by atoms with Gasteiger partial charge < -0.3 is 8.98 Å². The second kappa shape index (κ2) is 11.2. The summed E-state index contributed by atoms with van der Waals surface area (Å²) < 4.78 is 9.41. The highest BCUT2D eigenvalue weighted by Crippen LogP contribution is 2.43. The summed E-state index contributed by atoms with van der Waals surface area (Å²) in [7, 11) is 0. The molecule has 242 valence electrons. The predicted molar refractivity (Wildman–Crippen MR) is 215 cm³/mol. The summed E-state index contributed by atoms with van der Waals surface area (Å²) in [6, 6.07) is 61.7. The van der Waals surface area contributed by atoms with E-state index in [0.29, 0.717) is 5.82 Å². The summed E-state index contributed by atoms with van der Waals surface area (Å²) in [4.78, 5) is 10.6. The summed E-state index contributed by atoms with van der Waals surface area (Å²) in [5.74, 6) is 0.679. The van der Waals surface area contributed by atoms with E-state index in [9.17, 15) is 0 Å². The molecule has 0 fully saturated rings. The Kier molecular flexibility index (Phi) is 6.22. The second-order valence-corrected chi connectivity index (χ2v) is 13.3. The molecule has 4 nitrogen and oxygen atoms in total. The van der Waals surface area contributed by atoms with Crippen LogP contribution in [0.4, 0.5) is 0 Å². The maximum absolute atomic E-state index is 7.08. The van der Waals surface area contributed by atoms with Crippen molar-refractivity contribution < 1.29 is 4.42 Å². The Labute approximate surface area is 298 Å². The van der Waals surface area contributed by atoms with Gasteiger partial charge in [0.1, 0.15) is 5.58 Å². The van der Waals surface area contributed by atoms with E-state index in [1.807, 2.05) is 6.07 Å². The maximum Gasteiger partial charge on any atom is 0.161 e. The van der Waals surface area contributed by atoms with Crippen LogP contribution >= 0.6 is 0 Å². The van der Waals surface area contributed by atoms with Crippen molar-refractivity contribution >= 4 is 65.3 Å². The normalized spacial score (nSPS) is 11.8. The smallest absolute Gasteiger partial charge is 0.161 e. The Hall–Kier alpha value is -7.04. The molecule has 0 atom stereocenters. The first kappa shape index (κ1) is 28.8. The predicted octanol–water partition coefficient (Wildman–Crippen LogP) is 12.8. The summed E-state index contributed by atoms with van der Waals surface area (Å²) in [5.41, 5.74) is 9.59. The fraction of sp³-hybridized carbons (Fsp3) is 0. The molecule has 8 aromatic carbocycles. The van der Waals surface area contributed by atoms with Crippen LogP contribution in [0.1, 0.15) is 0 Å². The molecule has 0 saturated heterocycles. The number of hydrogen-bond donors (Lipinski definition) is 0. The van der Waals surface area contributed by atoms with Crippen LogP contribution in [0.5, 0.6) is 0 Å². The molecule has 0 radical (unpaired) electrons. The van der Waals surface area contributed by atoms with Crippen LogP contribution < -0.4 is 0 Å². The van der Waals surface area contributed by atoms with Crippen molar-refractivity contribution in [2.45, 2.75) is 0 Å². The number of nitrogens with zero attached hydrogens (tertiary/aromatic N) is 3. The van der Waals surface area contributed by atoms with Crippen LogP contribution in [-0.4, -0.2) is 14.5 Å². The summed E-state index contributed by atoms with van der Waals surface area (Å²) in [5, 5.41) is 9.15. The number of aromatic nitrogens is 3. The Morgan fingerprint density at radius 3 is 1.88 bits per heavy atom. The van der Waals surface area contributed by atoms with Gasteiger partial charge >= 0.3 is 0 Å². The quantitative estimate of drug-likeness (QED) is 0.176. The Bertz CT molecular complexity index is 3180. The van der Waals surface area contributed by atoms with Crippen molar-refractivity contribution in [1.29, 1.82) is 0 Å². The van der Waals surface area contributed by atoms with Crippen molar-refractivity contribution in [3.8, 4) is 39.6 Å². The molecule has 0 bridgehead atoms. The molecule has 0 saturated carbocycles. The molecule has 0 spiro atoms. The van der Waals surface area contributed by atoms with Gasteiger partial charge in [0.25, 0.3) is 0 Å². The number of rotatable bonds is 4. The Balaban J connectivity index is 1.21. The zero-order valence-electron chi connectivity index (χ0n) is 28.0. The van der Waals surface area contributed by atoms with E-state index >= 15 is 0 Å². The van der Waals surface area contributed by atoms with Crippen LogP contribution in [0.2, 0.25) is 0 Å². The molecule has 0 aliphatic heterocycles. The number of fused-ring (bicyclic) bond motifs is 10. The number of furan rings is 1. The van der Waals surface area contributed by atoms with Crippen molar-refractivity contribution in [1.82, 2.24) is 14.5 Å². The highest BCUT2D eigenvalue weighted by molar-refractivity contribution is 6.22. The lowest BCUT2D eigenvalue weighted by atomic mass is 9.96. The molecule has 0 amide bonds. The SMILES string of the molecule is c1ccc(-c2cc(-c3cccc4c3oc3c4ccc4c5ccccc5n(-c5ccccc5)c43)nc(-c3cc4ccccc4c4ccccc34)n2)cc1. The van der Waals surface area contributed by atoms with E-state index in [-0.39, 0.29) is 0 Å². The van der Waals surface area contributed by atoms with Gasteiger partial charge in [0.2, 0.25) is 0 Å². The molecule has 0 N–H and O–H groups in total. The van der Waals surface area contributed by atoms with E-state index < -0.39 is 0 Å². The van der Waals surface area contributed by atoms with Gasteiger partial charge in [-0.3, -0.25) is 0 Å². The van der Waals surface area contributed by atoms with Crippen molar-refractivity contribution in [2.24, 2.45) is 0 Å².